The molecule has 3 rings (SSSR count). The summed E-state index contributed by atoms with van der Waals surface area (Å²) in [5, 5.41) is 11.7. The standard InChI is InChI=1S/C22H31N3O6/c1-14(26)30-18-9-8-16-20(18)23-12-17(25(28)29)21(16)24-11-5-6-15(13-24)7-10-19(27)31-22(2,3)4/h12,15,18H,5-11,13H2,1-4H3/t15-,18?/m1/s1. The molecule has 0 saturated carbocycles. The summed E-state index contributed by atoms with van der Waals surface area (Å²) in [4.78, 5) is 41.2. The van der Waals surface area contributed by atoms with Gasteiger partial charge in [-0.1, -0.05) is 0 Å². The minimum atomic E-state index is -0.508. The highest BCUT2D eigenvalue weighted by Gasteiger charge is 2.36. The minimum Gasteiger partial charge on any atom is -0.460 e. The van der Waals surface area contributed by atoms with Gasteiger partial charge in [-0.2, -0.15) is 0 Å². The number of nitro groups is 1. The number of pyridine rings is 1. The molecule has 0 aromatic carbocycles. The van der Waals surface area contributed by atoms with Crippen molar-refractivity contribution in [3.8, 4) is 0 Å². The van der Waals surface area contributed by atoms with Crippen molar-refractivity contribution in [2.75, 3.05) is 18.0 Å². The van der Waals surface area contributed by atoms with E-state index in [0.717, 1.165) is 18.4 Å². The Kier molecular flexibility index (Phi) is 6.81. The number of aromatic nitrogens is 1. The number of hydrogen-bond acceptors (Lipinski definition) is 8. The van der Waals surface area contributed by atoms with E-state index >= 15 is 0 Å². The Balaban J connectivity index is 1.78. The average molecular weight is 434 g/mol. The summed E-state index contributed by atoms with van der Waals surface area (Å²) >= 11 is 0. The average Bonchev–Trinajstić information content (AvgIpc) is 3.06. The van der Waals surface area contributed by atoms with E-state index in [1.165, 1.54) is 13.1 Å². The molecular weight excluding hydrogens is 402 g/mol. The van der Waals surface area contributed by atoms with Crippen LogP contribution in [-0.2, 0) is 25.5 Å². The van der Waals surface area contributed by atoms with Crippen LogP contribution in [-0.4, -0.2) is 40.5 Å². The quantitative estimate of drug-likeness (QED) is 0.377. The van der Waals surface area contributed by atoms with Gasteiger partial charge in [0.1, 0.15) is 23.6 Å². The van der Waals surface area contributed by atoms with Crippen molar-refractivity contribution in [3.05, 3.63) is 27.6 Å². The van der Waals surface area contributed by atoms with Crippen molar-refractivity contribution in [1.29, 1.82) is 0 Å². The molecule has 170 valence electrons. The van der Waals surface area contributed by atoms with Gasteiger partial charge in [-0.3, -0.25) is 19.7 Å². The predicted molar refractivity (Wildman–Crippen MR) is 114 cm³/mol. The van der Waals surface area contributed by atoms with Crippen LogP contribution in [0.5, 0.6) is 0 Å². The van der Waals surface area contributed by atoms with Gasteiger partial charge < -0.3 is 14.4 Å². The number of ether oxygens (including phenoxy) is 2. The zero-order valence-corrected chi connectivity index (χ0v) is 18.7. The Bertz CT molecular complexity index is 864. The SMILES string of the molecule is CC(=O)OC1CCc2c1ncc([N+](=O)[O-])c2N1CCC[C@H](CCC(=O)OC(C)(C)C)C1. The highest BCUT2D eigenvalue weighted by atomic mass is 16.6. The smallest absolute Gasteiger partial charge is 0.310 e. The number of esters is 2. The lowest BCUT2D eigenvalue weighted by molar-refractivity contribution is -0.384. The summed E-state index contributed by atoms with van der Waals surface area (Å²) in [6.07, 6.45) is 4.85. The van der Waals surface area contributed by atoms with Crippen molar-refractivity contribution >= 4 is 23.3 Å². The van der Waals surface area contributed by atoms with Crippen LogP contribution in [0.25, 0.3) is 0 Å². The molecule has 0 N–H and O–H groups in total. The minimum absolute atomic E-state index is 0.0185. The lowest BCUT2D eigenvalue weighted by Crippen LogP contribution is -2.37. The first-order valence-electron chi connectivity index (χ1n) is 10.9. The predicted octanol–water partition coefficient (Wildman–Crippen LogP) is 3.88. The largest absolute Gasteiger partial charge is 0.460 e. The van der Waals surface area contributed by atoms with Crippen LogP contribution in [0.2, 0.25) is 0 Å². The van der Waals surface area contributed by atoms with E-state index in [1.807, 2.05) is 20.8 Å². The first-order valence-corrected chi connectivity index (χ1v) is 10.9. The third kappa shape index (κ3) is 5.71. The van der Waals surface area contributed by atoms with Crippen LogP contribution < -0.4 is 4.90 Å². The Morgan fingerprint density at radius 3 is 2.71 bits per heavy atom. The summed E-state index contributed by atoms with van der Waals surface area (Å²) in [5.41, 5.74) is 1.48. The van der Waals surface area contributed by atoms with Gasteiger partial charge in [0, 0.05) is 32.0 Å². The van der Waals surface area contributed by atoms with E-state index in [9.17, 15) is 19.7 Å². The number of rotatable bonds is 6. The van der Waals surface area contributed by atoms with E-state index in [0.29, 0.717) is 50.2 Å². The first-order chi connectivity index (χ1) is 14.5. The summed E-state index contributed by atoms with van der Waals surface area (Å²) in [5.74, 6) is -0.361. The molecule has 1 aromatic rings. The van der Waals surface area contributed by atoms with Gasteiger partial charge >= 0.3 is 17.6 Å². The molecule has 2 atom stereocenters. The highest BCUT2D eigenvalue weighted by molar-refractivity contribution is 5.71. The van der Waals surface area contributed by atoms with Crippen LogP contribution >= 0.6 is 0 Å². The molecule has 31 heavy (non-hydrogen) atoms. The van der Waals surface area contributed by atoms with Crippen molar-refractivity contribution in [3.63, 3.8) is 0 Å². The maximum Gasteiger partial charge on any atom is 0.310 e. The van der Waals surface area contributed by atoms with Gasteiger partial charge in [0.2, 0.25) is 0 Å². The fourth-order valence-electron chi connectivity index (χ4n) is 4.50. The topological polar surface area (TPSA) is 112 Å². The molecule has 1 saturated heterocycles. The van der Waals surface area contributed by atoms with Crippen molar-refractivity contribution < 1.29 is 24.0 Å². The molecule has 1 aliphatic carbocycles. The number of piperidine rings is 1. The second-order valence-electron chi connectivity index (χ2n) is 9.33. The van der Waals surface area contributed by atoms with E-state index in [2.05, 4.69) is 9.88 Å². The fraction of sp³-hybridized carbons (Fsp3) is 0.682. The zero-order chi connectivity index (χ0) is 22.8. The zero-order valence-electron chi connectivity index (χ0n) is 18.7. The molecule has 1 unspecified atom stereocenters. The molecule has 1 aromatic heterocycles. The van der Waals surface area contributed by atoms with Gasteiger partial charge in [0.15, 0.2) is 0 Å². The molecule has 2 heterocycles. The second kappa shape index (κ2) is 9.20. The van der Waals surface area contributed by atoms with Crippen LogP contribution in [0.4, 0.5) is 11.4 Å². The Labute approximate surface area is 182 Å². The molecule has 0 bridgehead atoms. The molecule has 0 amide bonds. The van der Waals surface area contributed by atoms with Gasteiger partial charge in [-0.05, 0) is 58.8 Å². The number of carbonyl (C=O) groups excluding carboxylic acids is 2. The molecule has 2 aliphatic rings. The van der Waals surface area contributed by atoms with Gasteiger partial charge in [0.05, 0.1) is 10.6 Å². The number of fused-ring (bicyclic) bond motifs is 1. The van der Waals surface area contributed by atoms with Crippen molar-refractivity contribution in [1.82, 2.24) is 4.98 Å². The maximum absolute atomic E-state index is 12.1. The van der Waals surface area contributed by atoms with Crippen molar-refractivity contribution in [2.24, 2.45) is 5.92 Å². The molecule has 0 spiro atoms. The fourth-order valence-corrected chi connectivity index (χ4v) is 4.50. The van der Waals surface area contributed by atoms with E-state index in [-0.39, 0.29) is 23.5 Å². The number of carbonyl (C=O) groups is 2. The summed E-state index contributed by atoms with van der Waals surface area (Å²) in [6.45, 7) is 8.24. The number of nitrogens with zero attached hydrogens (tertiary/aromatic N) is 3. The number of hydrogen-bond donors (Lipinski definition) is 0. The van der Waals surface area contributed by atoms with E-state index in [1.54, 1.807) is 0 Å². The maximum atomic E-state index is 12.1. The highest BCUT2D eigenvalue weighted by Crippen LogP contribution is 2.43. The van der Waals surface area contributed by atoms with Gasteiger partial charge in [0.25, 0.3) is 0 Å². The summed E-state index contributed by atoms with van der Waals surface area (Å²) in [6, 6.07) is 0. The summed E-state index contributed by atoms with van der Waals surface area (Å²) < 4.78 is 10.8. The van der Waals surface area contributed by atoms with E-state index in [4.69, 9.17) is 9.47 Å². The molecule has 0 radical (unpaired) electrons. The first kappa shape index (κ1) is 23.0. The van der Waals surface area contributed by atoms with Crippen LogP contribution in [0.3, 0.4) is 0 Å². The molecular formula is C22H31N3O6. The normalized spacial score (nSPS) is 20.8. The molecule has 9 nitrogen and oxygen atoms in total. The lowest BCUT2D eigenvalue weighted by Gasteiger charge is -2.35. The molecule has 1 aliphatic heterocycles. The molecule has 9 heteroatoms. The van der Waals surface area contributed by atoms with E-state index < -0.39 is 16.6 Å². The monoisotopic (exact) mass is 433 g/mol. The lowest BCUT2D eigenvalue weighted by atomic mass is 9.92. The third-order valence-electron chi connectivity index (χ3n) is 5.64. The Morgan fingerprint density at radius 2 is 2.06 bits per heavy atom. The van der Waals surface area contributed by atoms with Gasteiger partial charge in [-0.15, -0.1) is 0 Å². The van der Waals surface area contributed by atoms with Gasteiger partial charge in [-0.25, -0.2) is 4.98 Å². The van der Waals surface area contributed by atoms with Crippen LogP contribution in [0.15, 0.2) is 6.20 Å². The Hall–Kier alpha value is -2.71. The molecule has 1 fully saturated rings. The Morgan fingerprint density at radius 1 is 1.32 bits per heavy atom. The summed E-state index contributed by atoms with van der Waals surface area (Å²) in [7, 11) is 0. The third-order valence-corrected chi connectivity index (χ3v) is 5.64. The van der Waals surface area contributed by atoms with Crippen LogP contribution in [0.1, 0.15) is 77.2 Å². The van der Waals surface area contributed by atoms with Crippen molar-refractivity contribution in [2.45, 2.75) is 77.9 Å². The second-order valence-corrected chi connectivity index (χ2v) is 9.33. The van der Waals surface area contributed by atoms with Crippen LogP contribution in [0, 0.1) is 16.0 Å². The number of anilines is 1.